The van der Waals surface area contributed by atoms with Crippen LogP contribution in [-0.2, 0) is 0 Å². The van der Waals surface area contributed by atoms with Gasteiger partial charge in [-0.15, -0.1) is 0 Å². The highest BCUT2D eigenvalue weighted by molar-refractivity contribution is 9.10. The van der Waals surface area contributed by atoms with Crippen LogP contribution in [0.2, 0.25) is 0 Å². The molecule has 16 heavy (non-hydrogen) atoms. The number of hydrogen-bond donors (Lipinski definition) is 0. The summed E-state index contributed by atoms with van der Waals surface area (Å²) in [5.74, 6) is 0.0862. The molecule has 0 fully saturated rings. The van der Waals surface area contributed by atoms with Gasteiger partial charge in [0.1, 0.15) is 11.6 Å². The van der Waals surface area contributed by atoms with Crippen molar-refractivity contribution >= 4 is 21.7 Å². The summed E-state index contributed by atoms with van der Waals surface area (Å²) in [6, 6.07) is 7.32. The van der Waals surface area contributed by atoms with E-state index in [0.29, 0.717) is 10.2 Å². The number of furan rings is 1. The molecule has 1 aromatic heterocycles. The van der Waals surface area contributed by atoms with Gasteiger partial charge in [-0.05, 0) is 37.3 Å². The van der Waals surface area contributed by atoms with E-state index in [2.05, 4.69) is 15.9 Å². The minimum Gasteiger partial charge on any atom is -0.458 e. The van der Waals surface area contributed by atoms with Crippen LogP contribution < -0.4 is 0 Å². The smallest absolute Gasteiger partial charge is 0.228 e. The van der Waals surface area contributed by atoms with E-state index in [1.807, 2.05) is 0 Å². The topological polar surface area (TPSA) is 30.2 Å². The Morgan fingerprint density at radius 2 is 2.06 bits per heavy atom. The maximum Gasteiger partial charge on any atom is 0.228 e. The van der Waals surface area contributed by atoms with E-state index in [0.717, 1.165) is 0 Å². The van der Waals surface area contributed by atoms with E-state index < -0.39 is 5.82 Å². The largest absolute Gasteiger partial charge is 0.458 e. The molecule has 0 saturated carbocycles. The lowest BCUT2D eigenvalue weighted by Gasteiger charge is -1.99. The van der Waals surface area contributed by atoms with Crippen LogP contribution in [0.1, 0.15) is 21.9 Å². The monoisotopic (exact) mass is 282 g/mol. The van der Waals surface area contributed by atoms with Gasteiger partial charge < -0.3 is 4.42 Å². The van der Waals surface area contributed by atoms with E-state index in [-0.39, 0.29) is 17.1 Å². The van der Waals surface area contributed by atoms with Crippen LogP contribution in [0.4, 0.5) is 4.39 Å². The first-order valence-electron chi connectivity index (χ1n) is 4.63. The summed E-state index contributed by atoms with van der Waals surface area (Å²) in [4.78, 5) is 11.9. The van der Waals surface area contributed by atoms with Crippen LogP contribution in [-0.4, -0.2) is 5.78 Å². The molecule has 1 heterocycles. The summed E-state index contributed by atoms with van der Waals surface area (Å²) in [6.07, 6.45) is 0. The minimum absolute atomic E-state index is 0.218. The SMILES string of the molecule is Cc1ccc(C(=O)c2cc(F)cc(Br)c2)o1. The average Bonchev–Trinajstić information content (AvgIpc) is 2.62. The number of hydrogen-bond acceptors (Lipinski definition) is 2. The van der Waals surface area contributed by atoms with E-state index in [1.165, 1.54) is 12.1 Å². The molecule has 82 valence electrons. The lowest BCUT2D eigenvalue weighted by molar-refractivity contribution is 0.101. The molecule has 2 aromatic rings. The van der Waals surface area contributed by atoms with Gasteiger partial charge >= 0.3 is 0 Å². The highest BCUT2D eigenvalue weighted by atomic mass is 79.9. The summed E-state index contributed by atoms with van der Waals surface area (Å²) >= 11 is 3.14. The molecule has 0 amide bonds. The second-order valence-corrected chi connectivity index (χ2v) is 4.31. The molecule has 0 aliphatic heterocycles. The van der Waals surface area contributed by atoms with Crippen molar-refractivity contribution in [3.63, 3.8) is 0 Å². The van der Waals surface area contributed by atoms with Crippen LogP contribution in [0.3, 0.4) is 0 Å². The van der Waals surface area contributed by atoms with Crippen LogP contribution in [0.25, 0.3) is 0 Å². The van der Waals surface area contributed by atoms with Crippen molar-refractivity contribution in [2.45, 2.75) is 6.92 Å². The zero-order valence-electron chi connectivity index (χ0n) is 8.46. The average molecular weight is 283 g/mol. The quantitative estimate of drug-likeness (QED) is 0.786. The molecule has 0 saturated heterocycles. The molecule has 0 N–H and O–H groups in total. The zero-order valence-corrected chi connectivity index (χ0v) is 10.0. The Kier molecular flexibility index (Phi) is 2.92. The minimum atomic E-state index is -0.457. The number of halogens is 2. The highest BCUT2D eigenvalue weighted by Crippen LogP contribution is 2.18. The number of carbonyl (C=O) groups is 1. The Labute approximate surface area is 100 Å². The first-order valence-corrected chi connectivity index (χ1v) is 5.43. The van der Waals surface area contributed by atoms with Crippen molar-refractivity contribution in [2.75, 3.05) is 0 Å². The molecule has 0 aliphatic carbocycles. The van der Waals surface area contributed by atoms with Gasteiger partial charge in [-0.3, -0.25) is 4.79 Å². The van der Waals surface area contributed by atoms with Gasteiger partial charge in [-0.2, -0.15) is 0 Å². The molecule has 4 heteroatoms. The number of aryl methyl sites for hydroxylation is 1. The molecule has 1 aromatic carbocycles. The predicted octanol–water partition coefficient (Wildman–Crippen LogP) is 3.72. The third-order valence-corrected chi connectivity index (χ3v) is 2.55. The maximum atomic E-state index is 13.1. The van der Waals surface area contributed by atoms with E-state index in [9.17, 15) is 9.18 Å². The normalized spacial score (nSPS) is 10.4. The maximum absolute atomic E-state index is 13.1. The number of benzene rings is 1. The van der Waals surface area contributed by atoms with Gasteiger partial charge in [0, 0.05) is 10.0 Å². The molecule has 2 nitrogen and oxygen atoms in total. The number of carbonyl (C=O) groups excluding carboxylic acids is 1. The molecule has 0 unspecified atom stereocenters. The van der Waals surface area contributed by atoms with Crippen LogP contribution in [0.15, 0.2) is 39.2 Å². The number of rotatable bonds is 2. The summed E-state index contributed by atoms with van der Waals surface area (Å²) in [5.41, 5.74) is 0.265. The second-order valence-electron chi connectivity index (χ2n) is 3.40. The van der Waals surface area contributed by atoms with Crippen LogP contribution in [0.5, 0.6) is 0 Å². The van der Waals surface area contributed by atoms with Gasteiger partial charge in [0.15, 0.2) is 5.76 Å². The fourth-order valence-electron chi connectivity index (χ4n) is 1.38. The standard InChI is InChI=1S/C12H8BrFO2/c1-7-2-3-11(16-7)12(15)8-4-9(13)6-10(14)5-8/h2-6H,1H3. The van der Waals surface area contributed by atoms with Crippen molar-refractivity contribution < 1.29 is 13.6 Å². The fraction of sp³-hybridized carbons (Fsp3) is 0.0833. The predicted molar refractivity (Wildman–Crippen MR) is 61.0 cm³/mol. The van der Waals surface area contributed by atoms with Crippen LogP contribution >= 0.6 is 15.9 Å². The first-order chi connectivity index (χ1) is 7.56. The lowest BCUT2D eigenvalue weighted by Crippen LogP contribution is -2.00. The molecule has 0 atom stereocenters. The lowest BCUT2D eigenvalue weighted by atomic mass is 10.1. The molecule has 2 rings (SSSR count). The third-order valence-electron chi connectivity index (χ3n) is 2.09. The Balaban J connectivity index is 2.41. The van der Waals surface area contributed by atoms with Crippen molar-refractivity contribution in [1.29, 1.82) is 0 Å². The Morgan fingerprint density at radius 1 is 1.31 bits per heavy atom. The van der Waals surface area contributed by atoms with Gasteiger partial charge in [0.05, 0.1) is 0 Å². The summed E-state index contributed by atoms with van der Waals surface area (Å²) in [7, 11) is 0. The van der Waals surface area contributed by atoms with Crippen molar-refractivity contribution in [3.05, 3.63) is 57.7 Å². The van der Waals surface area contributed by atoms with Gasteiger partial charge in [0.25, 0.3) is 0 Å². The Bertz CT molecular complexity index is 525. The summed E-state index contributed by atoms with van der Waals surface area (Å²) in [6.45, 7) is 1.75. The van der Waals surface area contributed by atoms with E-state index >= 15 is 0 Å². The molecule has 0 aliphatic rings. The van der Waals surface area contributed by atoms with Gasteiger partial charge in [-0.25, -0.2) is 4.39 Å². The molecule has 0 radical (unpaired) electrons. The Hall–Kier alpha value is -1.42. The Morgan fingerprint density at radius 3 is 2.62 bits per heavy atom. The molecular weight excluding hydrogens is 275 g/mol. The third kappa shape index (κ3) is 2.22. The van der Waals surface area contributed by atoms with Crippen molar-refractivity contribution in [1.82, 2.24) is 0 Å². The van der Waals surface area contributed by atoms with Crippen LogP contribution in [0, 0.1) is 12.7 Å². The highest BCUT2D eigenvalue weighted by Gasteiger charge is 2.14. The zero-order chi connectivity index (χ0) is 11.7. The molecule has 0 bridgehead atoms. The molecular formula is C12H8BrFO2. The van der Waals surface area contributed by atoms with Crippen molar-refractivity contribution in [3.8, 4) is 0 Å². The number of ketones is 1. The second kappa shape index (κ2) is 4.22. The van der Waals surface area contributed by atoms with Crippen molar-refractivity contribution in [2.24, 2.45) is 0 Å². The van der Waals surface area contributed by atoms with E-state index in [4.69, 9.17) is 4.42 Å². The molecule has 0 spiro atoms. The summed E-state index contributed by atoms with van der Waals surface area (Å²) < 4.78 is 18.8. The van der Waals surface area contributed by atoms with Gasteiger partial charge in [0.2, 0.25) is 5.78 Å². The van der Waals surface area contributed by atoms with E-state index in [1.54, 1.807) is 25.1 Å². The van der Waals surface area contributed by atoms with Gasteiger partial charge in [-0.1, -0.05) is 15.9 Å². The summed E-state index contributed by atoms with van der Waals surface area (Å²) in [5, 5.41) is 0. The fourth-order valence-corrected chi connectivity index (χ4v) is 1.85. The first kappa shape index (κ1) is 11.1.